The van der Waals surface area contributed by atoms with Gasteiger partial charge >= 0.3 is 0 Å². The quantitative estimate of drug-likeness (QED) is 0.227. The zero-order chi connectivity index (χ0) is 28.1. The lowest BCUT2D eigenvalue weighted by Crippen LogP contribution is -2.42. The van der Waals surface area contributed by atoms with Crippen molar-refractivity contribution in [2.45, 2.75) is 76.0 Å². The molecule has 6 rings (SSSR count). The van der Waals surface area contributed by atoms with Gasteiger partial charge in [-0.1, -0.05) is 78.9 Å². The van der Waals surface area contributed by atoms with Gasteiger partial charge in [-0.25, -0.2) is 0 Å². The van der Waals surface area contributed by atoms with E-state index in [4.69, 9.17) is 27.9 Å². The Labute approximate surface area is 260 Å². The Morgan fingerprint density at radius 3 is 2.44 bits per heavy atom. The van der Waals surface area contributed by atoms with Crippen LogP contribution in [0.4, 0.5) is 0 Å². The summed E-state index contributed by atoms with van der Waals surface area (Å²) < 4.78 is 6.79. The van der Waals surface area contributed by atoms with Gasteiger partial charge in [0.15, 0.2) is 0 Å². The standard InChI is InChI=1S/C35H44Cl2N2OS/c36-32-10-9-29(34(37)19-32)21-39-23-31(33(24-39)30-13-18-41-26-30)22-38-16-11-27(12-17-38)20-35(14-5-2-6-15-35)40-25-28-7-3-1-4-8-28/h1,3-4,7-10,13,18-19,26-27,31,33H,2,5-6,11-12,14-17,20-25H2. The van der Waals surface area contributed by atoms with Crippen LogP contribution in [0.25, 0.3) is 0 Å². The summed E-state index contributed by atoms with van der Waals surface area (Å²) in [6, 6.07) is 19.0. The highest BCUT2D eigenvalue weighted by Crippen LogP contribution is 2.41. The molecule has 0 radical (unpaired) electrons. The average molecular weight is 612 g/mol. The van der Waals surface area contributed by atoms with E-state index in [0.717, 1.165) is 37.2 Å². The Morgan fingerprint density at radius 2 is 1.71 bits per heavy atom. The van der Waals surface area contributed by atoms with E-state index in [2.05, 4.69) is 63.0 Å². The first-order valence-electron chi connectivity index (χ1n) is 15.6. The van der Waals surface area contributed by atoms with Crippen molar-refractivity contribution < 1.29 is 4.74 Å². The number of hydrogen-bond donors (Lipinski definition) is 0. The van der Waals surface area contributed by atoms with Crippen molar-refractivity contribution in [1.29, 1.82) is 0 Å². The summed E-state index contributed by atoms with van der Waals surface area (Å²) in [6.45, 7) is 7.48. The number of hydrogen-bond acceptors (Lipinski definition) is 4. The minimum absolute atomic E-state index is 0.0832. The number of halogens is 2. The molecule has 0 bridgehead atoms. The Morgan fingerprint density at radius 1 is 0.902 bits per heavy atom. The van der Waals surface area contributed by atoms with Gasteiger partial charge in [0.25, 0.3) is 0 Å². The van der Waals surface area contributed by atoms with E-state index in [0.29, 0.717) is 16.9 Å². The molecule has 3 aliphatic rings. The van der Waals surface area contributed by atoms with Gasteiger partial charge in [0, 0.05) is 42.1 Å². The van der Waals surface area contributed by atoms with Crippen LogP contribution >= 0.6 is 34.5 Å². The van der Waals surface area contributed by atoms with E-state index in [1.807, 2.05) is 23.5 Å². The van der Waals surface area contributed by atoms with Crippen molar-refractivity contribution in [3.63, 3.8) is 0 Å². The van der Waals surface area contributed by atoms with Gasteiger partial charge in [0.2, 0.25) is 0 Å². The second-order valence-electron chi connectivity index (χ2n) is 12.8. The van der Waals surface area contributed by atoms with Crippen LogP contribution < -0.4 is 0 Å². The molecule has 1 aromatic heterocycles. The van der Waals surface area contributed by atoms with Gasteiger partial charge in [-0.15, -0.1) is 0 Å². The zero-order valence-corrected chi connectivity index (χ0v) is 26.5. The van der Waals surface area contributed by atoms with Crippen molar-refractivity contribution in [2.75, 3.05) is 32.7 Å². The lowest BCUT2D eigenvalue weighted by atomic mass is 9.76. The summed E-state index contributed by atoms with van der Waals surface area (Å²) in [7, 11) is 0. The van der Waals surface area contributed by atoms with Crippen LogP contribution in [0.15, 0.2) is 65.4 Å². The van der Waals surface area contributed by atoms with Crippen LogP contribution in [-0.2, 0) is 17.9 Å². The SMILES string of the molecule is Clc1ccc(CN2CC(CN3CCC(CC4(OCc5ccccc5)CCCCC4)CC3)C(c3ccsc3)C2)c(Cl)c1. The molecule has 220 valence electrons. The summed E-state index contributed by atoms with van der Waals surface area (Å²) >= 11 is 14.5. The molecule has 1 aliphatic carbocycles. The smallest absolute Gasteiger partial charge is 0.0724 e. The molecule has 6 heteroatoms. The van der Waals surface area contributed by atoms with Gasteiger partial charge in [-0.3, -0.25) is 4.90 Å². The number of nitrogens with zero attached hydrogens (tertiary/aromatic N) is 2. The van der Waals surface area contributed by atoms with E-state index in [-0.39, 0.29) is 5.60 Å². The fourth-order valence-electron chi connectivity index (χ4n) is 7.67. The summed E-state index contributed by atoms with van der Waals surface area (Å²) in [5.74, 6) is 2.01. The Kier molecular flexibility index (Phi) is 10.1. The normalized spacial score (nSPS) is 24.1. The molecule has 2 aromatic carbocycles. The van der Waals surface area contributed by atoms with Gasteiger partial charge in [-0.05, 0) is 103 Å². The number of thiophene rings is 1. The fourth-order valence-corrected chi connectivity index (χ4v) is 8.87. The number of likely N-dealkylation sites (tertiary alicyclic amines) is 2. The first-order valence-corrected chi connectivity index (χ1v) is 17.3. The fraction of sp³-hybridized carbons (Fsp3) is 0.543. The lowest BCUT2D eigenvalue weighted by Gasteiger charge is -2.42. The van der Waals surface area contributed by atoms with Gasteiger partial charge in [0.05, 0.1) is 12.2 Å². The molecule has 2 aliphatic heterocycles. The largest absolute Gasteiger partial charge is 0.370 e. The van der Waals surface area contributed by atoms with E-state index in [1.165, 1.54) is 87.7 Å². The van der Waals surface area contributed by atoms with E-state index >= 15 is 0 Å². The molecule has 2 saturated heterocycles. The van der Waals surface area contributed by atoms with Crippen LogP contribution in [0.2, 0.25) is 10.0 Å². The highest BCUT2D eigenvalue weighted by molar-refractivity contribution is 7.08. The molecule has 0 amide bonds. The molecule has 41 heavy (non-hydrogen) atoms. The molecule has 3 fully saturated rings. The van der Waals surface area contributed by atoms with Crippen molar-refractivity contribution in [3.8, 4) is 0 Å². The lowest BCUT2D eigenvalue weighted by molar-refractivity contribution is -0.0984. The van der Waals surface area contributed by atoms with Crippen LogP contribution in [0.1, 0.15) is 74.0 Å². The molecular formula is C35H44Cl2N2OS. The summed E-state index contributed by atoms with van der Waals surface area (Å²) in [5.41, 5.74) is 4.07. The van der Waals surface area contributed by atoms with Crippen molar-refractivity contribution >= 4 is 34.5 Å². The van der Waals surface area contributed by atoms with Gasteiger partial charge in [-0.2, -0.15) is 11.3 Å². The number of piperidine rings is 1. The van der Waals surface area contributed by atoms with E-state index in [1.54, 1.807) is 0 Å². The maximum atomic E-state index is 6.79. The molecule has 1 saturated carbocycles. The predicted octanol–water partition coefficient (Wildman–Crippen LogP) is 9.29. The summed E-state index contributed by atoms with van der Waals surface area (Å²) in [4.78, 5) is 5.36. The molecule has 3 heterocycles. The first kappa shape index (κ1) is 29.7. The molecule has 2 atom stereocenters. The van der Waals surface area contributed by atoms with Gasteiger partial charge < -0.3 is 9.64 Å². The average Bonchev–Trinajstić information content (AvgIpc) is 3.66. The zero-order valence-electron chi connectivity index (χ0n) is 24.2. The summed E-state index contributed by atoms with van der Waals surface area (Å²) in [6.07, 6.45) is 10.3. The maximum Gasteiger partial charge on any atom is 0.0724 e. The molecule has 0 spiro atoms. The number of benzene rings is 2. The van der Waals surface area contributed by atoms with Crippen molar-refractivity contribution in [2.24, 2.45) is 11.8 Å². The van der Waals surface area contributed by atoms with Crippen molar-refractivity contribution in [1.82, 2.24) is 9.80 Å². The molecule has 3 aromatic rings. The van der Waals surface area contributed by atoms with Crippen LogP contribution in [0.3, 0.4) is 0 Å². The second-order valence-corrected chi connectivity index (χ2v) is 14.4. The minimum Gasteiger partial charge on any atom is -0.370 e. The minimum atomic E-state index is 0.0832. The molecule has 2 unspecified atom stereocenters. The second kappa shape index (κ2) is 13.9. The third-order valence-corrected chi connectivity index (χ3v) is 11.2. The molecule has 0 N–H and O–H groups in total. The van der Waals surface area contributed by atoms with E-state index < -0.39 is 0 Å². The first-order chi connectivity index (χ1) is 20.1. The Balaban J connectivity index is 1.04. The number of rotatable bonds is 10. The highest BCUT2D eigenvalue weighted by Gasteiger charge is 2.38. The third-order valence-electron chi connectivity index (χ3n) is 9.91. The highest BCUT2D eigenvalue weighted by atomic mass is 35.5. The van der Waals surface area contributed by atoms with Crippen LogP contribution in [0.5, 0.6) is 0 Å². The topological polar surface area (TPSA) is 15.7 Å². The van der Waals surface area contributed by atoms with Crippen molar-refractivity contribution in [3.05, 3.63) is 92.1 Å². The molecule has 3 nitrogen and oxygen atoms in total. The Bertz CT molecular complexity index is 1220. The Hall–Kier alpha value is -1.40. The monoisotopic (exact) mass is 610 g/mol. The predicted molar refractivity (Wildman–Crippen MR) is 173 cm³/mol. The summed E-state index contributed by atoms with van der Waals surface area (Å²) in [5, 5.41) is 6.08. The van der Waals surface area contributed by atoms with Gasteiger partial charge in [0.1, 0.15) is 0 Å². The van der Waals surface area contributed by atoms with E-state index in [9.17, 15) is 0 Å². The van der Waals surface area contributed by atoms with Crippen LogP contribution in [-0.4, -0.2) is 48.1 Å². The maximum absolute atomic E-state index is 6.79. The van der Waals surface area contributed by atoms with Crippen LogP contribution in [0, 0.1) is 11.8 Å². The molecular weight excluding hydrogens is 567 g/mol. The third kappa shape index (κ3) is 7.77. The number of ether oxygens (including phenoxy) is 1.